The molecule has 4 aromatic carbocycles. The van der Waals surface area contributed by atoms with Gasteiger partial charge in [0.2, 0.25) is 0 Å². The monoisotopic (exact) mass is 572 g/mol. The fourth-order valence-corrected chi connectivity index (χ4v) is 6.52. The number of amidine groups is 2. The van der Waals surface area contributed by atoms with Crippen LogP contribution >= 0.6 is 0 Å². The van der Waals surface area contributed by atoms with Crippen LogP contribution < -0.4 is 0 Å². The molecule has 1 fully saturated rings. The highest BCUT2D eigenvalue weighted by Gasteiger charge is 2.27. The van der Waals surface area contributed by atoms with E-state index in [0.717, 1.165) is 0 Å². The summed E-state index contributed by atoms with van der Waals surface area (Å²) < 4.78 is 61.3. The molecule has 1 saturated heterocycles. The predicted molar refractivity (Wildman–Crippen MR) is 156 cm³/mol. The lowest BCUT2D eigenvalue weighted by Gasteiger charge is -2.38. The molecule has 0 bridgehead atoms. The van der Waals surface area contributed by atoms with Crippen molar-refractivity contribution < 1.29 is 16.8 Å². The average molecular weight is 573 g/mol. The first-order chi connectivity index (χ1) is 19.3. The summed E-state index contributed by atoms with van der Waals surface area (Å²) in [5, 5.41) is 0. The van der Waals surface area contributed by atoms with Crippen molar-refractivity contribution in [1.29, 1.82) is 0 Å². The highest BCUT2D eigenvalue weighted by molar-refractivity contribution is 7.90. The summed E-state index contributed by atoms with van der Waals surface area (Å²) in [4.78, 5) is 4.07. The van der Waals surface area contributed by atoms with Gasteiger partial charge in [-0.15, -0.1) is 8.80 Å². The normalized spacial score (nSPS) is 15.2. The maximum Gasteiger partial charge on any atom is 0.284 e. The van der Waals surface area contributed by atoms with Gasteiger partial charge in [0.25, 0.3) is 20.0 Å². The first kappa shape index (κ1) is 27.3. The Labute approximate surface area is 235 Å². The third-order valence-corrected chi connectivity index (χ3v) is 9.00. The SMILES string of the molecule is O=S(=O)(N=C(c1ccccc1)N1CCN(C(=NS(=O)(=O)c2ccccc2)c2ccccc2)CC1)c1ccccc1. The van der Waals surface area contributed by atoms with Gasteiger partial charge < -0.3 is 9.80 Å². The van der Waals surface area contributed by atoms with Crippen molar-refractivity contribution in [3.8, 4) is 0 Å². The second-order valence-corrected chi connectivity index (χ2v) is 12.3. The largest absolute Gasteiger partial charge is 0.352 e. The van der Waals surface area contributed by atoms with Crippen LogP contribution in [0.15, 0.2) is 140 Å². The van der Waals surface area contributed by atoms with E-state index in [9.17, 15) is 16.8 Å². The molecule has 10 heteroatoms. The molecule has 0 amide bonds. The van der Waals surface area contributed by atoms with E-state index < -0.39 is 20.0 Å². The summed E-state index contributed by atoms with van der Waals surface area (Å²) in [7, 11) is -7.91. The average Bonchev–Trinajstić information content (AvgIpc) is 3.01. The maximum absolute atomic E-state index is 13.2. The molecule has 0 radical (unpaired) electrons. The van der Waals surface area contributed by atoms with E-state index in [0.29, 0.717) is 49.0 Å². The Morgan fingerprint density at radius 2 is 0.725 bits per heavy atom. The smallest absolute Gasteiger partial charge is 0.284 e. The number of sulfonamides is 2. The lowest BCUT2D eigenvalue weighted by Crippen LogP contribution is -2.51. The number of hydrogen-bond donors (Lipinski definition) is 0. The molecule has 8 nitrogen and oxygen atoms in total. The Morgan fingerprint density at radius 3 is 1.02 bits per heavy atom. The van der Waals surface area contributed by atoms with E-state index in [1.54, 1.807) is 36.4 Å². The lowest BCUT2D eigenvalue weighted by atomic mass is 10.1. The van der Waals surface area contributed by atoms with Gasteiger partial charge in [-0.3, -0.25) is 0 Å². The molecule has 0 unspecified atom stereocenters. The molecule has 0 atom stereocenters. The topological polar surface area (TPSA) is 99.5 Å². The summed E-state index contributed by atoms with van der Waals surface area (Å²) >= 11 is 0. The first-order valence-electron chi connectivity index (χ1n) is 12.7. The van der Waals surface area contributed by atoms with Crippen molar-refractivity contribution in [1.82, 2.24) is 9.80 Å². The van der Waals surface area contributed by atoms with Gasteiger partial charge in [0.1, 0.15) is 11.7 Å². The fourth-order valence-electron chi connectivity index (χ4n) is 4.41. The van der Waals surface area contributed by atoms with E-state index in [1.165, 1.54) is 24.3 Å². The zero-order chi connectivity index (χ0) is 28.0. The van der Waals surface area contributed by atoms with Crippen LogP contribution in [0.2, 0.25) is 0 Å². The molecule has 0 N–H and O–H groups in total. The van der Waals surface area contributed by atoms with E-state index in [2.05, 4.69) is 8.80 Å². The van der Waals surface area contributed by atoms with Gasteiger partial charge in [0, 0.05) is 37.3 Å². The Kier molecular flexibility index (Phi) is 8.09. The first-order valence-corrected chi connectivity index (χ1v) is 15.6. The second kappa shape index (κ2) is 11.8. The summed E-state index contributed by atoms with van der Waals surface area (Å²) in [5.74, 6) is 0.693. The van der Waals surface area contributed by atoms with Gasteiger partial charge in [-0.25, -0.2) is 0 Å². The quantitative estimate of drug-likeness (QED) is 0.253. The van der Waals surface area contributed by atoms with Crippen LogP contribution in [0.4, 0.5) is 0 Å². The van der Waals surface area contributed by atoms with E-state index in [-0.39, 0.29) is 9.79 Å². The maximum atomic E-state index is 13.2. The van der Waals surface area contributed by atoms with Crippen molar-refractivity contribution >= 4 is 31.7 Å². The Balaban J connectivity index is 1.46. The molecule has 0 saturated carbocycles. The number of benzene rings is 4. The zero-order valence-electron chi connectivity index (χ0n) is 21.6. The summed E-state index contributed by atoms with van der Waals surface area (Å²) in [6, 6.07) is 34.6. The summed E-state index contributed by atoms with van der Waals surface area (Å²) in [5.41, 5.74) is 1.36. The molecule has 1 heterocycles. The zero-order valence-corrected chi connectivity index (χ0v) is 23.2. The van der Waals surface area contributed by atoms with E-state index in [1.807, 2.05) is 70.5 Å². The fraction of sp³-hybridized carbons (Fsp3) is 0.133. The van der Waals surface area contributed by atoms with Crippen LogP contribution in [0.5, 0.6) is 0 Å². The number of rotatable bonds is 6. The number of piperazine rings is 1. The lowest BCUT2D eigenvalue weighted by molar-refractivity contribution is 0.260. The second-order valence-electron chi connectivity index (χ2n) is 9.11. The van der Waals surface area contributed by atoms with Crippen molar-refractivity contribution in [2.24, 2.45) is 8.80 Å². The molecule has 0 aliphatic carbocycles. The van der Waals surface area contributed by atoms with Gasteiger partial charge in [0.15, 0.2) is 0 Å². The van der Waals surface area contributed by atoms with Crippen molar-refractivity contribution in [3.05, 3.63) is 132 Å². The van der Waals surface area contributed by atoms with Crippen LogP contribution in [0, 0.1) is 0 Å². The van der Waals surface area contributed by atoms with Crippen molar-refractivity contribution in [2.45, 2.75) is 9.79 Å². The van der Waals surface area contributed by atoms with Gasteiger partial charge in [-0.05, 0) is 24.3 Å². The Bertz CT molecular complexity index is 1570. The number of hydrogen-bond acceptors (Lipinski definition) is 4. The molecule has 5 rings (SSSR count). The third kappa shape index (κ3) is 6.30. The van der Waals surface area contributed by atoms with Crippen LogP contribution in [0.1, 0.15) is 11.1 Å². The van der Waals surface area contributed by atoms with Crippen LogP contribution in [-0.4, -0.2) is 64.5 Å². The Morgan fingerprint density at radius 1 is 0.450 bits per heavy atom. The molecule has 40 heavy (non-hydrogen) atoms. The van der Waals surface area contributed by atoms with Gasteiger partial charge in [-0.1, -0.05) is 97.1 Å². The number of nitrogens with zero attached hydrogens (tertiary/aromatic N) is 4. The molecule has 0 spiro atoms. The van der Waals surface area contributed by atoms with Gasteiger partial charge >= 0.3 is 0 Å². The highest BCUT2D eigenvalue weighted by atomic mass is 32.2. The van der Waals surface area contributed by atoms with E-state index >= 15 is 0 Å². The molecule has 1 aliphatic heterocycles. The van der Waals surface area contributed by atoms with Gasteiger partial charge in [-0.2, -0.15) is 16.8 Å². The molecular weight excluding hydrogens is 544 g/mol. The molecule has 0 aromatic heterocycles. The van der Waals surface area contributed by atoms with Crippen LogP contribution in [0.3, 0.4) is 0 Å². The molecule has 4 aromatic rings. The standard InChI is InChI=1S/C30H28N4O4S2/c35-39(36,27-17-9-3-10-18-27)31-29(25-13-5-1-6-14-25)33-21-23-34(24-22-33)30(26-15-7-2-8-16-26)32-40(37,38)28-19-11-4-12-20-28/h1-20H,21-24H2. The minimum atomic E-state index is -3.95. The highest BCUT2D eigenvalue weighted by Crippen LogP contribution is 2.20. The molecule has 204 valence electrons. The minimum absolute atomic E-state index is 0.117. The third-order valence-electron chi connectivity index (χ3n) is 6.44. The molecule has 1 aliphatic rings. The van der Waals surface area contributed by atoms with Crippen molar-refractivity contribution in [3.63, 3.8) is 0 Å². The predicted octanol–water partition coefficient (Wildman–Crippen LogP) is 4.28. The summed E-state index contributed by atoms with van der Waals surface area (Å²) in [6.07, 6.45) is 0. The van der Waals surface area contributed by atoms with E-state index in [4.69, 9.17) is 0 Å². The van der Waals surface area contributed by atoms with Crippen LogP contribution in [-0.2, 0) is 20.0 Å². The molecular formula is C30H28N4O4S2. The van der Waals surface area contributed by atoms with Crippen LogP contribution in [0.25, 0.3) is 0 Å². The minimum Gasteiger partial charge on any atom is -0.352 e. The van der Waals surface area contributed by atoms with Gasteiger partial charge in [0.05, 0.1) is 9.79 Å². The Hall–Kier alpha value is -4.28. The van der Waals surface area contributed by atoms with Crippen molar-refractivity contribution in [2.75, 3.05) is 26.2 Å². The summed E-state index contributed by atoms with van der Waals surface area (Å²) in [6.45, 7) is 1.65.